The quantitative estimate of drug-likeness (QED) is 0.908. The van der Waals surface area contributed by atoms with E-state index in [2.05, 4.69) is 27.7 Å². The van der Waals surface area contributed by atoms with Gasteiger partial charge in [0, 0.05) is 13.0 Å². The van der Waals surface area contributed by atoms with Gasteiger partial charge in [-0.05, 0) is 42.2 Å². The first kappa shape index (κ1) is 15.9. The molecule has 0 radical (unpaired) electrons. The lowest BCUT2D eigenvalue weighted by molar-refractivity contribution is -0.119. The van der Waals surface area contributed by atoms with Crippen LogP contribution in [0.4, 0.5) is 5.69 Å². The number of amides is 1. The Morgan fingerprint density at radius 1 is 1.38 bits per heavy atom. The molecule has 21 heavy (non-hydrogen) atoms. The normalized spacial score (nSPS) is 16.5. The van der Waals surface area contributed by atoms with Crippen LogP contribution in [0.3, 0.4) is 0 Å². The lowest BCUT2D eigenvalue weighted by Gasteiger charge is -2.31. The molecule has 1 heterocycles. The van der Waals surface area contributed by atoms with Crippen molar-refractivity contribution in [2.75, 3.05) is 11.4 Å². The fraction of sp³-hybridized carbons (Fsp3) is 0.611. The molecule has 1 N–H and O–H groups in total. The number of hydrogen-bond donors (Lipinski definition) is 1. The van der Waals surface area contributed by atoms with Crippen LogP contribution < -0.4 is 4.90 Å². The maximum Gasteiger partial charge on any atom is 0.227 e. The van der Waals surface area contributed by atoms with Gasteiger partial charge < -0.3 is 10.0 Å². The van der Waals surface area contributed by atoms with Gasteiger partial charge in [-0.2, -0.15) is 0 Å². The molecular weight excluding hydrogens is 262 g/mol. The summed E-state index contributed by atoms with van der Waals surface area (Å²) in [5, 5.41) is 10.1. The summed E-state index contributed by atoms with van der Waals surface area (Å²) in [4.78, 5) is 14.4. The molecule has 0 saturated heterocycles. The van der Waals surface area contributed by atoms with E-state index in [9.17, 15) is 9.90 Å². The van der Waals surface area contributed by atoms with Crippen LogP contribution in [0.25, 0.3) is 0 Å². The molecule has 0 aliphatic carbocycles. The minimum Gasteiger partial charge on any atom is -0.506 e. The number of para-hydroxylation sites is 1. The maximum absolute atomic E-state index is 12.6. The van der Waals surface area contributed by atoms with Gasteiger partial charge in [0.05, 0.1) is 5.69 Å². The fourth-order valence-corrected chi connectivity index (χ4v) is 3.41. The molecule has 0 bridgehead atoms. The molecule has 1 amide bonds. The van der Waals surface area contributed by atoms with E-state index < -0.39 is 0 Å². The molecule has 1 unspecified atom stereocenters. The molecule has 1 aliphatic rings. The number of nitrogens with zero attached hydrogens (tertiary/aromatic N) is 1. The van der Waals surface area contributed by atoms with Crippen molar-refractivity contribution in [2.24, 2.45) is 11.3 Å². The highest BCUT2D eigenvalue weighted by atomic mass is 16.3. The Balaban J connectivity index is 2.12. The van der Waals surface area contributed by atoms with Crippen molar-refractivity contribution in [1.29, 1.82) is 0 Å². The molecule has 1 aromatic rings. The molecule has 1 atom stereocenters. The number of phenolic OH excluding ortho intramolecular Hbond substituents is 1. The topological polar surface area (TPSA) is 40.5 Å². The Bertz CT molecular complexity index is 516. The van der Waals surface area contributed by atoms with E-state index in [1.54, 1.807) is 11.0 Å². The summed E-state index contributed by atoms with van der Waals surface area (Å²) >= 11 is 0. The number of aryl methyl sites for hydroxylation is 1. The van der Waals surface area contributed by atoms with Gasteiger partial charge in [-0.1, -0.05) is 39.8 Å². The van der Waals surface area contributed by atoms with Crippen molar-refractivity contribution < 1.29 is 9.90 Å². The van der Waals surface area contributed by atoms with Crippen LogP contribution in [-0.2, 0) is 11.2 Å². The van der Waals surface area contributed by atoms with Gasteiger partial charge in [0.15, 0.2) is 0 Å². The van der Waals surface area contributed by atoms with Gasteiger partial charge in [-0.15, -0.1) is 0 Å². The molecule has 1 aliphatic heterocycles. The average molecular weight is 289 g/mol. The summed E-state index contributed by atoms with van der Waals surface area (Å²) < 4.78 is 0. The highest BCUT2D eigenvalue weighted by molar-refractivity contribution is 5.96. The number of carbonyl (C=O) groups is 1. The zero-order valence-corrected chi connectivity index (χ0v) is 13.6. The van der Waals surface area contributed by atoms with Crippen molar-refractivity contribution >= 4 is 11.6 Å². The van der Waals surface area contributed by atoms with E-state index in [0.29, 0.717) is 18.9 Å². The molecule has 1 aromatic carbocycles. The second-order valence-corrected chi connectivity index (χ2v) is 7.51. The number of anilines is 1. The minimum atomic E-state index is 0.134. The Hall–Kier alpha value is -1.51. The zero-order valence-electron chi connectivity index (χ0n) is 13.6. The number of aromatic hydroxyl groups is 1. The number of benzene rings is 1. The highest BCUT2D eigenvalue weighted by Crippen LogP contribution is 2.36. The van der Waals surface area contributed by atoms with E-state index in [1.165, 1.54) is 0 Å². The molecule has 0 spiro atoms. The zero-order chi connectivity index (χ0) is 15.6. The first-order valence-corrected chi connectivity index (χ1v) is 7.89. The number of carbonyl (C=O) groups excluding carboxylic acids is 1. The highest BCUT2D eigenvalue weighted by Gasteiger charge is 2.27. The molecular formula is C18H27NO2. The number of fused-ring (bicyclic) bond motifs is 1. The SMILES string of the molecule is CC(CC(=O)N1CCCc2cccc(O)c21)CC(C)(C)C. The molecule has 0 fully saturated rings. The lowest BCUT2D eigenvalue weighted by Crippen LogP contribution is -2.36. The predicted molar refractivity (Wildman–Crippen MR) is 86.6 cm³/mol. The third kappa shape index (κ3) is 3.99. The van der Waals surface area contributed by atoms with Gasteiger partial charge in [-0.25, -0.2) is 0 Å². The van der Waals surface area contributed by atoms with E-state index in [-0.39, 0.29) is 17.1 Å². The Kier molecular flexibility index (Phi) is 4.60. The van der Waals surface area contributed by atoms with Crippen LogP contribution in [0.5, 0.6) is 5.75 Å². The van der Waals surface area contributed by atoms with Gasteiger partial charge in [0.1, 0.15) is 5.75 Å². The predicted octanol–water partition coefficient (Wildman–Crippen LogP) is 4.13. The van der Waals surface area contributed by atoms with Crippen LogP contribution in [0, 0.1) is 11.3 Å². The van der Waals surface area contributed by atoms with Crippen LogP contribution in [-0.4, -0.2) is 17.6 Å². The number of rotatable bonds is 3. The summed E-state index contributed by atoms with van der Waals surface area (Å²) in [7, 11) is 0. The average Bonchev–Trinajstić information content (AvgIpc) is 2.36. The summed E-state index contributed by atoms with van der Waals surface area (Å²) in [5.41, 5.74) is 2.05. The summed E-state index contributed by atoms with van der Waals surface area (Å²) in [6, 6.07) is 5.53. The maximum atomic E-state index is 12.6. The third-order valence-corrected chi connectivity index (χ3v) is 3.98. The summed E-state index contributed by atoms with van der Waals surface area (Å²) in [5.74, 6) is 0.715. The van der Waals surface area contributed by atoms with Gasteiger partial charge in [-0.3, -0.25) is 4.79 Å². The van der Waals surface area contributed by atoms with Gasteiger partial charge >= 0.3 is 0 Å². The van der Waals surface area contributed by atoms with Crippen molar-refractivity contribution in [3.8, 4) is 5.75 Å². The van der Waals surface area contributed by atoms with Crippen molar-refractivity contribution in [3.05, 3.63) is 23.8 Å². The van der Waals surface area contributed by atoms with Crippen LogP contribution in [0.15, 0.2) is 18.2 Å². The fourth-order valence-electron chi connectivity index (χ4n) is 3.41. The lowest BCUT2D eigenvalue weighted by atomic mass is 9.84. The largest absolute Gasteiger partial charge is 0.506 e. The molecule has 2 rings (SSSR count). The van der Waals surface area contributed by atoms with E-state index >= 15 is 0 Å². The summed E-state index contributed by atoms with van der Waals surface area (Å²) in [6.07, 6.45) is 3.48. The van der Waals surface area contributed by atoms with E-state index in [1.807, 2.05) is 12.1 Å². The van der Waals surface area contributed by atoms with Crippen molar-refractivity contribution in [3.63, 3.8) is 0 Å². The second kappa shape index (κ2) is 6.08. The third-order valence-electron chi connectivity index (χ3n) is 3.98. The van der Waals surface area contributed by atoms with Gasteiger partial charge in [0.2, 0.25) is 5.91 Å². The monoisotopic (exact) mass is 289 g/mol. The van der Waals surface area contributed by atoms with E-state index in [0.717, 1.165) is 30.5 Å². The smallest absolute Gasteiger partial charge is 0.227 e. The molecule has 116 valence electrons. The first-order chi connectivity index (χ1) is 9.78. The minimum absolute atomic E-state index is 0.134. The number of hydrogen-bond acceptors (Lipinski definition) is 2. The molecule has 0 aromatic heterocycles. The van der Waals surface area contributed by atoms with Crippen LogP contribution in [0.2, 0.25) is 0 Å². The van der Waals surface area contributed by atoms with E-state index in [4.69, 9.17) is 0 Å². The second-order valence-electron chi connectivity index (χ2n) is 7.51. The van der Waals surface area contributed by atoms with Crippen molar-refractivity contribution in [2.45, 2.75) is 53.4 Å². The standard InChI is InChI=1S/C18H27NO2/c1-13(12-18(2,3)4)11-16(21)19-10-6-8-14-7-5-9-15(20)17(14)19/h5,7,9,13,20H,6,8,10-12H2,1-4H3. The number of phenols is 1. The van der Waals surface area contributed by atoms with Crippen LogP contribution >= 0.6 is 0 Å². The van der Waals surface area contributed by atoms with Crippen LogP contribution in [0.1, 0.15) is 52.5 Å². The Morgan fingerprint density at radius 2 is 2.10 bits per heavy atom. The van der Waals surface area contributed by atoms with Gasteiger partial charge in [0.25, 0.3) is 0 Å². The Morgan fingerprint density at radius 3 is 2.76 bits per heavy atom. The molecule has 3 heteroatoms. The molecule has 0 saturated carbocycles. The first-order valence-electron chi connectivity index (χ1n) is 7.89. The summed E-state index contributed by atoms with van der Waals surface area (Å²) in [6.45, 7) is 9.46. The molecule has 3 nitrogen and oxygen atoms in total. The van der Waals surface area contributed by atoms with Crippen molar-refractivity contribution in [1.82, 2.24) is 0 Å². The Labute approximate surface area is 128 Å².